The third-order valence-electron chi connectivity index (χ3n) is 3.27. The summed E-state index contributed by atoms with van der Waals surface area (Å²) in [4.78, 5) is 29.5. The van der Waals surface area contributed by atoms with Crippen molar-refractivity contribution < 1.29 is 9.59 Å². The standard InChI is InChI=1S/C17H18BrN3O2/c1-13(22)21(16-7-5-14(18)6-8-16)11-9-17(23)20-12-15-4-2-3-10-19-15/h2-8,10H,9,11-12H2,1H3,(H,20,23). The monoisotopic (exact) mass is 375 g/mol. The molecule has 0 radical (unpaired) electrons. The van der Waals surface area contributed by atoms with Crippen molar-refractivity contribution in [2.75, 3.05) is 11.4 Å². The molecule has 0 unspecified atom stereocenters. The first-order valence-corrected chi connectivity index (χ1v) is 8.06. The predicted molar refractivity (Wildman–Crippen MR) is 92.9 cm³/mol. The van der Waals surface area contributed by atoms with Crippen molar-refractivity contribution in [3.05, 3.63) is 58.8 Å². The van der Waals surface area contributed by atoms with Crippen molar-refractivity contribution >= 4 is 33.4 Å². The Morgan fingerprint density at radius 1 is 1.17 bits per heavy atom. The van der Waals surface area contributed by atoms with Crippen molar-refractivity contribution in [2.45, 2.75) is 19.9 Å². The molecule has 0 saturated carbocycles. The van der Waals surface area contributed by atoms with Crippen LogP contribution in [0.25, 0.3) is 0 Å². The quantitative estimate of drug-likeness (QED) is 0.843. The van der Waals surface area contributed by atoms with E-state index >= 15 is 0 Å². The summed E-state index contributed by atoms with van der Waals surface area (Å²) in [7, 11) is 0. The van der Waals surface area contributed by atoms with Crippen molar-refractivity contribution in [3.8, 4) is 0 Å². The molecule has 1 aromatic carbocycles. The molecular weight excluding hydrogens is 358 g/mol. The zero-order valence-corrected chi connectivity index (χ0v) is 14.4. The number of amides is 2. The molecule has 1 N–H and O–H groups in total. The number of benzene rings is 1. The van der Waals surface area contributed by atoms with E-state index in [1.165, 1.54) is 6.92 Å². The molecule has 2 aromatic rings. The minimum atomic E-state index is -0.112. The molecule has 0 aliphatic carbocycles. The van der Waals surface area contributed by atoms with E-state index in [2.05, 4.69) is 26.2 Å². The number of hydrogen-bond acceptors (Lipinski definition) is 3. The fourth-order valence-electron chi connectivity index (χ4n) is 2.08. The van der Waals surface area contributed by atoms with Crippen LogP contribution in [-0.2, 0) is 16.1 Å². The van der Waals surface area contributed by atoms with Crippen LogP contribution in [-0.4, -0.2) is 23.3 Å². The van der Waals surface area contributed by atoms with E-state index in [9.17, 15) is 9.59 Å². The van der Waals surface area contributed by atoms with Gasteiger partial charge < -0.3 is 10.2 Å². The maximum Gasteiger partial charge on any atom is 0.223 e. The molecule has 0 aliphatic rings. The first-order chi connectivity index (χ1) is 11.1. The number of hydrogen-bond donors (Lipinski definition) is 1. The average Bonchev–Trinajstić information content (AvgIpc) is 2.55. The zero-order chi connectivity index (χ0) is 16.7. The molecular formula is C17H18BrN3O2. The summed E-state index contributed by atoms with van der Waals surface area (Å²) in [5.74, 6) is -0.205. The summed E-state index contributed by atoms with van der Waals surface area (Å²) in [6.45, 7) is 2.22. The fourth-order valence-corrected chi connectivity index (χ4v) is 2.35. The number of carbonyl (C=O) groups is 2. The normalized spacial score (nSPS) is 10.2. The second-order valence-corrected chi connectivity index (χ2v) is 5.91. The number of nitrogens with zero attached hydrogens (tertiary/aromatic N) is 2. The molecule has 0 atom stereocenters. The molecule has 2 rings (SSSR count). The lowest BCUT2D eigenvalue weighted by molar-refractivity contribution is -0.121. The third-order valence-corrected chi connectivity index (χ3v) is 3.80. The van der Waals surface area contributed by atoms with Crippen LogP contribution >= 0.6 is 15.9 Å². The van der Waals surface area contributed by atoms with Crippen molar-refractivity contribution in [1.29, 1.82) is 0 Å². The van der Waals surface area contributed by atoms with Crippen LogP contribution in [0.3, 0.4) is 0 Å². The maximum absolute atomic E-state index is 11.9. The first-order valence-electron chi connectivity index (χ1n) is 7.26. The van der Waals surface area contributed by atoms with Gasteiger partial charge in [-0.05, 0) is 36.4 Å². The summed E-state index contributed by atoms with van der Waals surface area (Å²) >= 11 is 3.36. The number of nitrogens with one attached hydrogen (secondary N) is 1. The smallest absolute Gasteiger partial charge is 0.223 e. The van der Waals surface area contributed by atoms with Gasteiger partial charge in [-0.25, -0.2) is 0 Å². The molecule has 2 amide bonds. The zero-order valence-electron chi connectivity index (χ0n) is 12.8. The van der Waals surface area contributed by atoms with Gasteiger partial charge in [-0.3, -0.25) is 14.6 Å². The van der Waals surface area contributed by atoms with Gasteiger partial charge in [0, 0.05) is 36.2 Å². The Hall–Kier alpha value is -2.21. The third kappa shape index (κ3) is 5.49. The van der Waals surface area contributed by atoms with Gasteiger partial charge in [0.05, 0.1) is 12.2 Å². The van der Waals surface area contributed by atoms with Gasteiger partial charge in [-0.2, -0.15) is 0 Å². The number of carbonyl (C=O) groups excluding carboxylic acids is 2. The summed E-state index contributed by atoms with van der Waals surface area (Å²) in [6.07, 6.45) is 1.93. The van der Waals surface area contributed by atoms with Crippen LogP contribution in [0, 0.1) is 0 Å². The highest BCUT2D eigenvalue weighted by atomic mass is 79.9. The lowest BCUT2D eigenvalue weighted by Crippen LogP contribution is -2.33. The Labute approximate surface area is 143 Å². The van der Waals surface area contributed by atoms with Gasteiger partial charge in [0.25, 0.3) is 0 Å². The van der Waals surface area contributed by atoms with Gasteiger partial charge in [-0.15, -0.1) is 0 Å². The Balaban J connectivity index is 1.87. The highest BCUT2D eigenvalue weighted by Gasteiger charge is 2.13. The largest absolute Gasteiger partial charge is 0.350 e. The molecule has 1 heterocycles. The Morgan fingerprint density at radius 2 is 1.91 bits per heavy atom. The van der Waals surface area contributed by atoms with Crippen molar-refractivity contribution in [1.82, 2.24) is 10.3 Å². The Bertz CT molecular complexity index is 659. The minimum Gasteiger partial charge on any atom is -0.350 e. The number of aromatic nitrogens is 1. The summed E-state index contributed by atoms with van der Waals surface area (Å²) in [6, 6.07) is 13.0. The molecule has 23 heavy (non-hydrogen) atoms. The lowest BCUT2D eigenvalue weighted by atomic mass is 10.2. The molecule has 0 aliphatic heterocycles. The van der Waals surface area contributed by atoms with E-state index in [0.29, 0.717) is 13.1 Å². The van der Waals surface area contributed by atoms with E-state index in [-0.39, 0.29) is 18.2 Å². The molecule has 0 bridgehead atoms. The molecule has 0 saturated heterocycles. The average molecular weight is 376 g/mol. The van der Waals surface area contributed by atoms with Gasteiger partial charge in [-0.1, -0.05) is 22.0 Å². The van der Waals surface area contributed by atoms with E-state index in [1.54, 1.807) is 11.1 Å². The second-order valence-electron chi connectivity index (χ2n) is 4.99. The highest BCUT2D eigenvalue weighted by Crippen LogP contribution is 2.18. The Morgan fingerprint density at radius 3 is 2.52 bits per heavy atom. The van der Waals surface area contributed by atoms with Gasteiger partial charge >= 0.3 is 0 Å². The summed E-state index contributed by atoms with van der Waals surface area (Å²) in [5, 5.41) is 2.81. The van der Waals surface area contributed by atoms with Crippen LogP contribution in [0.2, 0.25) is 0 Å². The minimum absolute atomic E-state index is 0.0927. The lowest BCUT2D eigenvalue weighted by Gasteiger charge is -2.21. The first kappa shape index (κ1) is 17.1. The SMILES string of the molecule is CC(=O)N(CCC(=O)NCc1ccccn1)c1ccc(Br)cc1. The number of anilines is 1. The topological polar surface area (TPSA) is 62.3 Å². The molecule has 120 valence electrons. The van der Waals surface area contributed by atoms with Crippen LogP contribution < -0.4 is 10.2 Å². The van der Waals surface area contributed by atoms with Gasteiger partial charge in [0.1, 0.15) is 0 Å². The number of halogens is 1. The maximum atomic E-state index is 11.9. The van der Waals surface area contributed by atoms with Crippen LogP contribution in [0.1, 0.15) is 19.0 Å². The second kappa shape index (κ2) is 8.43. The Kier molecular flexibility index (Phi) is 6.29. The van der Waals surface area contributed by atoms with E-state index in [1.807, 2.05) is 42.5 Å². The molecule has 0 spiro atoms. The van der Waals surface area contributed by atoms with Crippen LogP contribution in [0.4, 0.5) is 5.69 Å². The predicted octanol–water partition coefficient (Wildman–Crippen LogP) is 2.90. The molecule has 5 nitrogen and oxygen atoms in total. The fraction of sp³-hybridized carbons (Fsp3) is 0.235. The summed E-state index contributed by atoms with van der Waals surface area (Å²) in [5.41, 5.74) is 1.58. The molecule has 0 fully saturated rings. The van der Waals surface area contributed by atoms with Crippen LogP contribution in [0.5, 0.6) is 0 Å². The van der Waals surface area contributed by atoms with E-state index < -0.39 is 0 Å². The van der Waals surface area contributed by atoms with Gasteiger partial charge in [0.2, 0.25) is 11.8 Å². The van der Waals surface area contributed by atoms with E-state index in [0.717, 1.165) is 15.9 Å². The molecule has 6 heteroatoms. The number of pyridine rings is 1. The van der Waals surface area contributed by atoms with Crippen molar-refractivity contribution in [3.63, 3.8) is 0 Å². The van der Waals surface area contributed by atoms with Crippen molar-refractivity contribution in [2.24, 2.45) is 0 Å². The van der Waals surface area contributed by atoms with Gasteiger partial charge in [0.15, 0.2) is 0 Å². The van der Waals surface area contributed by atoms with Crippen LogP contribution in [0.15, 0.2) is 53.1 Å². The highest BCUT2D eigenvalue weighted by molar-refractivity contribution is 9.10. The molecule has 1 aromatic heterocycles. The van der Waals surface area contributed by atoms with E-state index in [4.69, 9.17) is 0 Å². The number of rotatable bonds is 6. The summed E-state index contributed by atoms with van der Waals surface area (Å²) < 4.78 is 0.942.